The average molecular weight is 303 g/mol. The normalized spacial score (nSPS) is 13.0. The number of benzene rings is 2. The van der Waals surface area contributed by atoms with Crippen LogP contribution in [0.1, 0.15) is 12.5 Å². The van der Waals surface area contributed by atoms with Gasteiger partial charge in [0.25, 0.3) is 0 Å². The quantitative estimate of drug-likeness (QED) is 0.892. The highest BCUT2D eigenvalue weighted by molar-refractivity contribution is 7.90. The smallest absolute Gasteiger partial charge is 0.148 e. The summed E-state index contributed by atoms with van der Waals surface area (Å²) in [5.74, 6) is 0.162. The maximum atomic E-state index is 11.2. The maximum Gasteiger partial charge on any atom is 0.148 e. The van der Waals surface area contributed by atoms with Crippen LogP contribution in [0.3, 0.4) is 0 Å². The molecule has 0 aliphatic carbocycles. The van der Waals surface area contributed by atoms with Crippen LogP contribution in [-0.4, -0.2) is 26.5 Å². The Kier molecular flexibility index (Phi) is 5.15. The Balaban J connectivity index is 1.94. The van der Waals surface area contributed by atoms with Crippen molar-refractivity contribution < 1.29 is 8.42 Å². The third-order valence-corrected chi connectivity index (χ3v) is 4.37. The standard InChI is InChI=1S/C17H21NO2S/c1-14(13-21(2,19)20)18-12-15-8-10-17(11-9-15)16-6-4-3-5-7-16/h3-11,14,18H,12-13H2,1-2H3. The summed E-state index contributed by atoms with van der Waals surface area (Å²) >= 11 is 0. The molecule has 0 fully saturated rings. The Morgan fingerprint density at radius 1 is 0.952 bits per heavy atom. The number of hydrogen-bond acceptors (Lipinski definition) is 3. The van der Waals surface area contributed by atoms with Crippen LogP contribution in [0, 0.1) is 0 Å². The van der Waals surface area contributed by atoms with Gasteiger partial charge in [-0.05, 0) is 23.6 Å². The van der Waals surface area contributed by atoms with Crippen molar-refractivity contribution in [2.24, 2.45) is 0 Å². The Morgan fingerprint density at radius 3 is 2.10 bits per heavy atom. The van der Waals surface area contributed by atoms with E-state index in [0.29, 0.717) is 6.54 Å². The summed E-state index contributed by atoms with van der Waals surface area (Å²) in [6.07, 6.45) is 1.26. The molecule has 2 rings (SSSR count). The van der Waals surface area contributed by atoms with Gasteiger partial charge in [0.1, 0.15) is 9.84 Å². The van der Waals surface area contributed by atoms with Crippen LogP contribution >= 0.6 is 0 Å². The molecule has 0 aromatic heterocycles. The first-order valence-corrected chi connectivity index (χ1v) is 9.05. The summed E-state index contributed by atoms with van der Waals surface area (Å²) in [6.45, 7) is 2.56. The van der Waals surface area contributed by atoms with Gasteiger partial charge in [0, 0.05) is 18.8 Å². The molecule has 0 saturated carbocycles. The minimum atomic E-state index is -2.93. The monoisotopic (exact) mass is 303 g/mol. The molecule has 0 bridgehead atoms. The molecule has 2 aromatic carbocycles. The van der Waals surface area contributed by atoms with Gasteiger partial charge in [0.2, 0.25) is 0 Å². The third-order valence-electron chi connectivity index (χ3n) is 3.27. The molecule has 0 aliphatic heterocycles. The fraction of sp³-hybridized carbons (Fsp3) is 0.294. The van der Waals surface area contributed by atoms with Crippen LogP contribution in [0.2, 0.25) is 0 Å². The summed E-state index contributed by atoms with van der Waals surface area (Å²) in [6, 6.07) is 18.5. The van der Waals surface area contributed by atoms with Crippen LogP contribution in [0.4, 0.5) is 0 Å². The van der Waals surface area contributed by atoms with Gasteiger partial charge < -0.3 is 5.32 Å². The van der Waals surface area contributed by atoms with E-state index in [1.807, 2.05) is 25.1 Å². The first kappa shape index (κ1) is 15.7. The summed E-state index contributed by atoms with van der Waals surface area (Å²) < 4.78 is 22.4. The lowest BCUT2D eigenvalue weighted by molar-refractivity contribution is 0.560. The van der Waals surface area contributed by atoms with E-state index in [2.05, 4.69) is 41.7 Å². The first-order valence-electron chi connectivity index (χ1n) is 6.99. The molecule has 0 spiro atoms. The Hall–Kier alpha value is -1.65. The molecule has 112 valence electrons. The lowest BCUT2D eigenvalue weighted by atomic mass is 10.0. The lowest BCUT2D eigenvalue weighted by Gasteiger charge is -2.13. The fourth-order valence-electron chi connectivity index (χ4n) is 2.25. The molecule has 1 N–H and O–H groups in total. The average Bonchev–Trinajstić information content (AvgIpc) is 2.45. The minimum absolute atomic E-state index is 0.0474. The van der Waals surface area contributed by atoms with Crippen molar-refractivity contribution in [3.05, 3.63) is 60.2 Å². The van der Waals surface area contributed by atoms with Gasteiger partial charge in [0.15, 0.2) is 0 Å². The molecule has 4 heteroatoms. The molecule has 0 saturated heterocycles. The van der Waals surface area contributed by atoms with Crippen molar-refractivity contribution in [2.45, 2.75) is 19.5 Å². The molecule has 1 atom stereocenters. The second-order valence-electron chi connectivity index (χ2n) is 5.44. The van der Waals surface area contributed by atoms with Crippen molar-refractivity contribution in [3.63, 3.8) is 0 Å². The van der Waals surface area contributed by atoms with Gasteiger partial charge in [-0.1, -0.05) is 54.6 Å². The van der Waals surface area contributed by atoms with Gasteiger partial charge in [-0.25, -0.2) is 8.42 Å². The van der Waals surface area contributed by atoms with Crippen molar-refractivity contribution in [3.8, 4) is 11.1 Å². The van der Waals surface area contributed by atoms with E-state index < -0.39 is 9.84 Å². The van der Waals surface area contributed by atoms with E-state index in [9.17, 15) is 8.42 Å². The number of sulfone groups is 1. The Bertz CT molecular complexity index is 664. The van der Waals surface area contributed by atoms with Gasteiger partial charge in [-0.2, -0.15) is 0 Å². The molecule has 1 unspecified atom stereocenters. The van der Waals surface area contributed by atoms with E-state index >= 15 is 0 Å². The maximum absolute atomic E-state index is 11.2. The van der Waals surface area contributed by atoms with Crippen molar-refractivity contribution >= 4 is 9.84 Å². The second kappa shape index (κ2) is 6.87. The van der Waals surface area contributed by atoms with E-state index in [1.54, 1.807) is 0 Å². The summed E-state index contributed by atoms with van der Waals surface area (Å²) in [4.78, 5) is 0. The molecular weight excluding hydrogens is 282 g/mol. The van der Waals surface area contributed by atoms with E-state index in [1.165, 1.54) is 17.4 Å². The molecule has 0 amide bonds. The van der Waals surface area contributed by atoms with Gasteiger partial charge in [0.05, 0.1) is 5.75 Å². The van der Waals surface area contributed by atoms with Crippen molar-refractivity contribution in [1.82, 2.24) is 5.32 Å². The molecular formula is C17H21NO2S. The molecule has 3 nitrogen and oxygen atoms in total. The highest BCUT2D eigenvalue weighted by atomic mass is 32.2. The van der Waals surface area contributed by atoms with E-state index in [4.69, 9.17) is 0 Å². The summed E-state index contributed by atoms with van der Waals surface area (Å²) in [5.41, 5.74) is 3.53. The molecule has 21 heavy (non-hydrogen) atoms. The number of hydrogen-bond donors (Lipinski definition) is 1. The minimum Gasteiger partial charge on any atom is -0.309 e. The Labute approximate surface area is 126 Å². The third kappa shape index (κ3) is 5.33. The predicted molar refractivity (Wildman–Crippen MR) is 87.9 cm³/mol. The molecule has 2 aromatic rings. The highest BCUT2D eigenvalue weighted by Gasteiger charge is 2.09. The fourth-order valence-corrected chi connectivity index (χ4v) is 3.28. The zero-order valence-electron chi connectivity index (χ0n) is 12.4. The largest absolute Gasteiger partial charge is 0.309 e. The summed E-state index contributed by atoms with van der Waals surface area (Å²) in [7, 11) is -2.93. The van der Waals surface area contributed by atoms with Crippen molar-refractivity contribution in [2.75, 3.05) is 12.0 Å². The zero-order chi connectivity index (χ0) is 15.3. The van der Waals surface area contributed by atoms with Crippen LogP contribution in [-0.2, 0) is 16.4 Å². The van der Waals surface area contributed by atoms with Gasteiger partial charge >= 0.3 is 0 Å². The zero-order valence-corrected chi connectivity index (χ0v) is 13.2. The van der Waals surface area contributed by atoms with Crippen LogP contribution in [0.25, 0.3) is 11.1 Å². The van der Waals surface area contributed by atoms with Crippen molar-refractivity contribution in [1.29, 1.82) is 0 Å². The topological polar surface area (TPSA) is 46.2 Å². The number of rotatable bonds is 6. The first-order chi connectivity index (χ1) is 9.94. The molecule has 0 aliphatic rings. The SMILES string of the molecule is CC(CS(C)(=O)=O)NCc1ccc(-c2ccccc2)cc1. The van der Waals surface area contributed by atoms with Gasteiger partial charge in [-0.15, -0.1) is 0 Å². The molecule has 0 heterocycles. The summed E-state index contributed by atoms with van der Waals surface area (Å²) in [5, 5.41) is 3.24. The van der Waals surface area contributed by atoms with Gasteiger partial charge in [-0.3, -0.25) is 0 Å². The predicted octanol–water partition coefficient (Wildman–Crippen LogP) is 2.88. The number of nitrogens with one attached hydrogen (secondary N) is 1. The lowest BCUT2D eigenvalue weighted by Crippen LogP contribution is -2.32. The Morgan fingerprint density at radius 2 is 1.52 bits per heavy atom. The van der Waals surface area contributed by atoms with Crippen LogP contribution in [0.5, 0.6) is 0 Å². The second-order valence-corrected chi connectivity index (χ2v) is 7.62. The van der Waals surface area contributed by atoms with Crippen LogP contribution in [0.15, 0.2) is 54.6 Å². The van der Waals surface area contributed by atoms with E-state index in [0.717, 1.165) is 5.56 Å². The molecule has 0 radical (unpaired) electrons. The highest BCUT2D eigenvalue weighted by Crippen LogP contribution is 2.19. The van der Waals surface area contributed by atoms with Crippen LogP contribution < -0.4 is 5.32 Å². The van der Waals surface area contributed by atoms with E-state index in [-0.39, 0.29) is 11.8 Å².